The lowest BCUT2D eigenvalue weighted by atomic mass is 10.0. The summed E-state index contributed by atoms with van der Waals surface area (Å²) in [5.41, 5.74) is 2.36. The van der Waals surface area contributed by atoms with Gasteiger partial charge in [0.25, 0.3) is 15.9 Å². The fraction of sp³-hybridized carbons (Fsp3) is 0.111. The molecule has 0 aliphatic carbocycles. The number of amides is 2. The zero-order valence-corrected chi connectivity index (χ0v) is 26.6. The lowest BCUT2D eigenvalue weighted by molar-refractivity contribution is -0.143. The van der Waals surface area contributed by atoms with Crippen molar-refractivity contribution in [2.75, 3.05) is 11.3 Å². The van der Waals surface area contributed by atoms with Gasteiger partial charge in [-0.2, -0.15) is 0 Å². The van der Waals surface area contributed by atoms with Crippen LogP contribution in [0.5, 0.6) is 5.75 Å². The van der Waals surface area contributed by atoms with Crippen LogP contribution in [0.3, 0.4) is 0 Å². The smallest absolute Gasteiger partial charge is 0.261 e. The third-order valence-electron chi connectivity index (χ3n) is 7.20. The van der Waals surface area contributed by atoms with E-state index in [9.17, 15) is 22.4 Å². The van der Waals surface area contributed by atoms with Crippen molar-refractivity contribution in [3.05, 3.63) is 161 Å². The van der Waals surface area contributed by atoms with E-state index >= 15 is 0 Å². The van der Waals surface area contributed by atoms with Crippen LogP contribution >= 0.6 is 11.6 Å². The fourth-order valence-corrected chi connectivity index (χ4v) is 6.07. The van der Waals surface area contributed by atoms with E-state index in [0.29, 0.717) is 10.6 Å². The third-order valence-corrected chi connectivity index (χ3v) is 8.96. The largest absolute Gasteiger partial charge is 0.484 e. The molecule has 0 spiro atoms. The molecule has 5 aromatic rings. The molecule has 1 atom stereocenters. The molecule has 240 valence electrons. The second-order valence-electron chi connectivity index (χ2n) is 10.5. The Labute approximate surface area is 277 Å². The molecule has 0 aromatic heterocycles. The molecule has 0 bridgehead atoms. The molecule has 1 unspecified atom stereocenters. The maximum absolute atomic E-state index is 13.9. The Bertz CT molecular complexity index is 1910. The summed E-state index contributed by atoms with van der Waals surface area (Å²) in [7, 11) is -3.96. The van der Waals surface area contributed by atoms with Crippen LogP contribution in [0.25, 0.3) is 0 Å². The second kappa shape index (κ2) is 15.4. The third kappa shape index (κ3) is 8.96. The number of halogens is 2. The summed E-state index contributed by atoms with van der Waals surface area (Å²) in [6.07, 6.45) is 0. The summed E-state index contributed by atoms with van der Waals surface area (Å²) >= 11 is 6.32. The second-order valence-corrected chi connectivity index (χ2v) is 12.6. The summed E-state index contributed by atoms with van der Waals surface area (Å²) in [5, 5.41) is 3.45. The summed E-state index contributed by atoms with van der Waals surface area (Å²) in [6.45, 7) is -0.140. The first-order valence-corrected chi connectivity index (χ1v) is 16.5. The Balaban J connectivity index is 1.35. The fourth-order valence-electron chi connectivity index (χ4n) is 4.81. The van der Waals surface area contributed by atoms with Gasteiger partial charge in [-0.25, -0.2) is 12.8 Å². The molecule has 0 aliphatic rings. The van der Waals surface area contributed by atoms with Crippen molar-refractivity contribution < 1.29 is 27.1 Å². The number of hydrogen-bond donors (Lipinski definition) is 2. The van der Waals surface area contributed by atoms with Gasteiger partial charge < -0.3 is 15.0 Å². The molecule has 0 aliphatic heterocycles. The van der Waals surface area contributed by atoms with E-state index in [0.717, 1.165) is 23.3 Å². The lowest BCUT2D eigenvalue weighted by Crippen LogP contribution is -2.45. The van der Waals surface area contributed by atoms with E-state index in [1.54, 1.807) is 36.4 Å². The minimum atomic E-state index is -3.96. The molecular formula is C36H31ClFN3O5S. The Morgan fingerprint density at radius 3 is 2.06 bits per heavy atom. The number of anilines is 1. The van der Waals surface area contributed by atoms with E-state index in [1.807, 2.05) is 48.5 Å². The van der Waals surface area contributed by atoms with E-state index < -0.39 is 40.3 Å². The zero-order valence-electron chi connectivity index (χ0n) is 25.1. The van der Waals surface area contributed by atoms with Gasteiger partial charge in [-0.05, 0) is 71.3 Å². The maximum Gasteiger partial charge on any atom is 0.261 e. The highest BCUT2D eigenvalue weighted by Crippen LogP contribution is 2.26. The van der Waals surface area contributed by atoms with Gasteiger partial charge in [-0.15, -0.1) is 0 Å². The summed E-state index contributed by atoms with van der Waals surface area (Å²) in [4.78, 5) is 29.1. The molecule has 0 heterocycles. The molecule has 0 radical (unpaired) electrons. The van der Waals surface area contributed by atoms with Gasteiger partial charge in [0.05, 0.1) is 4.90 Å². The number of nitrogens with one attached hydrogen (secondary N) is 2. The number of sulfonamides is 1. The van der Waals surface area contributed by atoms with Crippen LogP contribution in [0.4, 0.5) is 10.1 Å². The first kappa shape index (κ1) is 33.2. The van der Waals surface area contributed by atoms with Crippen molar-refractivity contribution in [2.45, 2.75) is 24.0 Å². The van der Waals surface area contributed by atoms with Crippen LogP contribution in [0.2, 0.25) is 5.02 Å². The van der Waals surface area contributed by atoms with Crippen LogP contribution < -0.4 is 14.8 Å². The van der Waals surface area contributed by atoms with Gasteiger partial charge in [-0.1, -0.05) is 90.5 Å². The molecule has 0 saturated carbocycles. The van der Waals surface area contributed by atoms with Crippen molar-refractivity contribution in [1.29, 1.82) is 0 Å². The Hall–Kier alpha value is -5.19. The summed E-state index contributed by atoms with van der Waals surface area (Å²) in [5.74, 6) is -1.11. The number of nitrogens with zero attached hydrogens (tertiary/aromatic N) is 1. The Morgan fingerprint density at radius 1 is 0.787 bits per heavy atom. The highest BCUT2D eigenvalue weighted by Gasteiger charge is 2.32. The van der Waals surface area contributed by atoms with E-state index in [4.69, 9.17) is 16.3 Å². The minimum absolute atomic E-state index is 0.0504. The normalized spacial score (nSPS) is 11.7. The average molecular weight is 672 g/mol. The number of benzene rings is 5. The van der Waals surface area contributed by atoms with Crippen LogP contribution in [-0.4, -0.2) is 31.7 Å². The number of ether oxygens (including phenoxy) is 1. The Kier molecular flexibility index (Phi) is 10.9. The van der Waals surface area contributed by atoms with Gasteiger partial charge in [0.2, 0.25) is 5.91 Å². The van der Waals surface area contributed by atoms with Gasteiger partial charge >= 0.3 is 0 Å². The van der Waals surface area contributed by atoms with E-state index in [1.165, 1.54) is 41.3 Å². The van der Waals surface area contributed by atoms with Gasteiger partial charge in [0.1, 0.15) is 17.6 Å². The van der Waals surface area contributed by atoms with Gasteiger partial charge in [0.15, 0.2) is 6.61 Å². The summed E-state index contributed by atoms with van der Waals surface area (Å²) in [6, 6.07) is 34.9. The first-order valence-electron chi connectivity index (χ1n) is 14.6. The van der Waals surface area contributed by atoms with Gasteiger partial charge in [-0.3, -0.25) is 14.3 Å². The van der Waals surface area contributed by atoms with Crippen LogP contribution in [0, 0.1) is 5.82 Å². The SMILES string of the molecule is O=C(NCc1ccccc1Cl)C(c1ccccc1)N(Cc1ccccc1)C(=O)COc1ccc(S(=O)(=O)Nc2ccc(F)cc2)cc1. The highest BCUT2D eigenvalue weighted by atomic mass is 35.5. The number of carbonyl (C=O) groups excluding carboxylic acids is 2. The number of hydrogen-bond acceptors (Lipinski definition) is 5. The lowest BCUT2D eigenvalue weighted by Gasteiger charge is -2.31. The van der Waals surface area contributed by atoms with Crippen molar-refractivity contribution in [2.24, 2.45) is 0 Å². The standard InChI is InChI=1S/C36H31ClFN3O5S/c37-33-14-8-7-13-28(33)23-39-36(43)35(27-11-5-2-6-12-27)41(24-26-9-3-1-4-10-26)34(42)25-46-31-19-21-32(22-20-31)47(44,45)40-30-17-15-29(38)16-18-30/h1-22,35,40H,23-25H2,(H,39,43). The first-order chi connectivity index (χ1) is 22.7. The molecule has 0 saturated heterocycles. The summed E-state index contributed by atoms with van der Waals surface area (Å²) < 4.78 is 47.0. The minimum Gasteiger partial charge on any atom is -0.484 e. The van der Waals surface area contributed by atoms with Crippen molar-refractivity contribution >= 4 is 39.1 Å². The average Bonchev–Trinajstić information content (AvgIpc) is 3.08. The highest BCUT2D eigenvalue weighted by molar-refractivity contribution is 7.92. The molecule has 0 fully saturated rings. The Morgan fingerprint density at radius 2 is 1.40 bits per heavy atom. The predicted molar refractivity (Wildman–Crippen MR) is 179 cm³/mol. The van der Waals surface area contributed by atoms with Crippen LogP contribution in [-0.2, 0) is 32.7 Å². The molecule has 8 nitrogen and oxygen atoms in total. The maximum atomic E-state index is 13.9. The van der Waals surface area contributed by atoms with Crippen molar-refractivity contribution in [1.82, 2.24) is 10.2 Å². The quantitative estimate of drug-likeness (QED) is 0.144. The molecule has 5 rings (SSSR count). The predicted octanol–water partition coefficient (Wildman–Crippen LogP) is 6.75. The van der Waals surface area contributed by atoms with Crippen LogP contribution in [0.1, 0.15) is 22.7 Å². The topological polar surface area (TPSA) is 105 Å². The van der Waals surface area contributed by atoms with Gasteiger partial charge in [0, 0.05) is 23.8 Å². The molecule has 5 aromatic carbocycles. The van der Waals surface area contributed by atoms with Crippen molar-refractivity contribution in [3.8, 4) is 5.75 Å². The molecule has 11 heteroatoms. The van der Waals surface area contributed by atoms with Crippen molar-refractivity contribution in [3.63, 3.8) is 0 Å². The number of rotatable bonds is 13. The van der Waals surface area contributed by atoms with E-state index in [2.05, 4.69) is 10.0 Å². The monoisotopic (exact) mass is 671 g/mol. The molecular weight excluding hydrogens is 641 g/mol. The van der Waals surface area contributed by atoms with E-state index in [-0.39, 0.29) is 29.4 Å². The van der Waals surface area contributed by atoms with Crippen LogP contribution in [0.15, 0.2) is 138 Å². The molecule has 2 N–H and O–H groups in total. The number of carbonyl (C=O) groups is 2. The molecule has 2 amide bonds. The zero-order chi connectivity index (χ0) is 33.2. The molecule has 47 heavy (non-hydrogen) atoms.